The molecule has 0 radical (unpaired) electrons. The standard InChI is InChI=1S/C20H24N2O5S2/c1-4-11-22-16-10-9-15(12-19(16)28-20(22)23)29(24,25)21-14(2)13-27-18-8-6-5-7-17(18)26-3/h5-10,12,14,21H,4,11,13H2,1-3H3/t14-/m1/s1. The lowest BCUT2D eigenvalue weighted by Gasteiger charge is -2.16. The Labute approximate surface area is 173 Å². The van der Waals surface area contributed by atoms with E-state index in [2.05, 4.69) is 4.72 Å². The first kappa shape index (κ1) is 21.4. The van der Waals surface area contributed by atoms with Crippen molar-refractivity contribution in [3.8, 4) is 11.5 Å². The number of para-hydroxylation sites is 2. The molecule has 0 saturated heterocycles. The lowest BCUT2D eigenvalue weighted by Crippen LogP contribution is -2.36. The Kier molecular flexibility index (Phi) is 6.61. The van der Waals surface area contributed by atoms with Crippen LogP contribution in [0, 0.1) is 0 Å². The number of ether oxygens (including phenoxy) is 2. The Balaban J connectivity index is 1.74. The zero-order chi connectivity index (χ0) is 21.0. The van der Waals surface area contributed by atoms with Gasteiger partial charge in [-0.15, -0.1) is 0 Å². The number of benzene rings is 2. The van der Waals surface area contributed by atoms with Crippen LogP contribution in [0.3, 0.4) is 0 Å². The average Bonchev–Trinajstić information content (AvgIpc) is 3.01. The van der Waals surface area contributed by atoms with Gasteiger partial charge in [-0.05, 0) is 43.7 Å². The van der Waals surface area contributed by atoms with Gasteiger partial charge in [0, 0.05) is 6.54 Å². The number of sulfonamides is 1. The molecule has 156 valence electrons. The number of nitrogens with one attached hydrogen (secondary N) is 1. The lowest BCUT2D eigenvalue weighted by atomic mass is 10.3. The maximum absolute atomic E-state index is 12.8. The molecule has 0 bridgehead atoms. The van der Waals surface area contributed by atoms with Crippen molar-refractivity contribution < 1.29 is 17.9 Å². The van der Waals surface area contributed by atoms with Gasteiger partial charge in [0.05, 0.1) is 28.3 Å². The minimum atomic E-state index is -3.75. The summed E-state index contributed by atoms with van der Waals surface area (Å²) in [5.41, 5.74) is 0.758. The second kappa shape index (κ2) is 8.98. The fraction of sp³-hybridized carbons (Fsp3) is 0.350. The van der Waals surface area contributed by atoms with Crippen molar-refractivity contribution in [1.82, 2.24) is 9.29 Å². The average molecular weight is 437 g/mol. The molecule has 0 aliphatic carbocycles. The number of rotatable bonds is 9. The Bertz CT molecular complexity index is 1150. The van der Waals surface area contributed by atoms with E-state index in [4.69, 9.17) is 9.47 Å². The van der Waals surface area contributed by atoms with Crippen molar-refractivity contribution in [2.45, 2.75) is 37.8 Å². The van der Waals surface area contributed by atoms with E-state index in [-0.39, 0.29) is 16.4 Å². The predicted molar refractivity (Wildman–Crippen MR) is 115 cm³/mol. The summed E-state index contributed by atoms with van der Waals surface area (Å²) in [6.07, 6.45) is 0.830. The van der Waals surface area contributed by atoms with E-state index in [0.29, 0.717) is 22.7 Å². The normalized spacial score (nSPS) is 12.8. The number of hydrogen-bond acceptors (Lipinski definition) is 6. The van der Waals surface area contributed by atoms with Crippen molar-refractivity contribution in [3.05, 3.63) is 52.1 Å². The maximum Gasteiger partial charge on any atom is 0.308 e. The largest absolute Gasteiger partial charge is 0.493 e. The Morgan fingerprint density at radius 1 is 1.17 bits per heavy atom. The van der Waals surface area contributed by atoms with Gasteiger partial charge in [-0.3, -0.25) is 9.36 Å². The molecule has 3 rings (SSSR count). The van der Waals surface area contributed by atoms with Gasteiger partial charge in [0.25, 0.3) is 0 Å². The third-order valence-electron chi connectivity index (χ3n) is 4.31. The quantitative estimate of drug-likeness (QED) is 0.557. The third kappa shape index (κ3) is 4.80. The van der Waals surface area contributed by atoms with Crippen LogP contribution in [0.2, 0.25) is 0 Å². The third-order valence-corrected chi connectivity index (χ3v) is 6.84. The number of hydrogen-bond donors (Lipinski definition) is 1. The van der Waals surface area contributed by atoms with Gasteiger partial charge in [0.15, 0.2) is 11.5 Å². The van der Waals surface area contributed by atoms with Crippen molar-refractivity contribution in [1.29, 1.82) is 0 Å². The molecule has 1 heterocycles. The minimum Gasteiger partial charge on any atom is -0.493 e. The van der Waals surface area contributed by atoms with Crippen LogP contribution in [0.15, 0.2) is 52.2 Å². The fourth-order valence-corrected chi connectivity index (χ4v) is 5.25. The molecule has 0 amide bonds. The first-order valence-corrected chi connectivity index (χ1v) is 11.6. The van der Waals surface area contributed by atoms with Crippen molar-refractivity contribution >= 4 is 31.6 Å². The molecule has 7 nitrogen and oxygen atoms in total. The highest BCUT2D eigenvalue weighted by atomic mass is 32.2. The summed E-state index contributed by atoms with van der Waals surface area (Å²) >= 11 is 1.06. The number of aryl methyl sites for hydroxylation is 1. The number of nitrogens with zero attached hydrogens (tertiary/aromatic N) is 1. The second-order valence-corrected chi connectivity index (χ2v) is 9.34. The van der Waals surface area contributed by atoms with Crippen molar-refractivity contribution in [2.75, 3.05) is 13.7 Å². The fourth-order valence-electron chi connectivity index (χ4n) is 2.97. The van der Waals surface area contributed by atoms with Gasteiger partial charge >= 0.3 is 4.87 Å². The van der Waals surface area contributed by atoms with Gasteiger partial charge in [-0.25, -0.2) is 13.1 Å². The highest BCUT2D eigenvalue weighted by molar-refractivity contribution is 7.89. The SMILES string of the molecule is CCCn1c(=O)sc2cc(S(=O)(=O)N[C@H](C)COc3ccccc3OC)ccc21. The first-order valence-electron chi connectivity index (χ1n) is 9.27. The Hall–Kier alpha value is -2.36. The molecule has 0 unspecified atom stereocenters. The molecule has 1 N–H and O–H groups in total. The van der Waals surface area contributed by atoms with Gasteiger partial charge < -0.3 is 9.47 Å². The molecule has 0 aliphatic heterocycles. The molecule has 2 aromatic carbocycles. The summed E-state index contributed by atoms with van der Waals surface area (Å²) in [5, 5.41) is 0. The molecular weight excluding hydrogens is 412 g/mol. The molecular formula is C20H24N2O5S2. The molecule has 3 aromatic rings. The topological polar surface area (TPSA) is 86.6 Å². The molecule has 0 fully saturated rings. The zero-order valence-corrected chi connectivity index (χ0v) is 18.2. The first-order chi connectivity index (χ1) is 13.9. The van der Waals surface area contributed by atoms with E-state index >= 15 is 0 Å². The maximum atomic E-state index is 12.8. The van der Waals surface area contributed by atoms with E-state index in [1.54, 1.807) is 42.9 Å². The van der Waals surface area contributed by atoms with Crippen LogP contribution in [0.4, 0.5) is 0 Å². The molecule has 9 heteroatoms. The smallest absolute Gasteiger partial charge is 0.308 e. The minimum absolute atomic E-state index is 0.0806. The molecule has 29 heavy (non-hydrogen) atoms. The summed E-state index contributed by atoms with van der Waals surface area (Å²) in [7, 11) is -2.20. The molecule has 0 saturated carbocycles. The number of fused-ring (bicyclic) bond motifs is 1. The van der Waals surface area contributed by atoms with E-state index < -0.39 is 16.1 Å². The summed E-state index contributed by atoms with van der Waals surface area (Å²) < 4.78 is 41.4. The summed E-state index contributed by atoms with van der Waals surface area (Å²) in [6, 6.07) is 11.5. The van der Waals surface area contributed by atoms with Crippen molar-refractivity contribution in [3.63, 3.8) is 0 Å². The summed E-state index contributed by atoms with van der Waals surface area (Å²) in [5.74, 6) is 1.13. The predicted octanol–water partition coefficient (Wildman–Crippen LogP) is 3.23. The van der Waals surface area contributed by atoms with E-state index in [1.165, 1.54) is 6.07 Å². The molecule has 1 aromatic heterocycles. The highest BCUT2D eigenvalue weighted by Gasteiger charge is 2.20. The lowest BCUT2D eigenvalue weighted by molar-refractivity contribution is 0.271. The van der Waals surface area contributed by atoms with Crippen LogP contribution in [-0.2, 0) is 16.6 Å². The molecule has 1 atom stereocenters. The van der Waals surface area contributed by atoms with Gasteiger partial charge in [0.2, 0.25) is 10.0 Å². The van der Waals surface area contributed by atoms with Crippen molar-refractivity contribution in [2.24, 2.45) is 0 Å². The summed E-state index contributed by atoms with van der Waals surface area (Å²) in [6.45, 7) is 4.47. The van der Waals surface area contributed by atoms with Crippen LogP contribution < -0.4 is 19.1 Å². The van der Waals surface area contributed by atoms with E-state index in [1.807, 2.05) is 19.1 Å². The number of thiazole rings is 1. The summed E-state index contributed by atoms with van der Waals surface area (Å²) in [4.78, 5) is 12.2. The Morgan fingerprint density at radius 2 is 1.90 bits per heavy atom. The van der Waals surface area contributed by atoms with E-state index in [0.717, 1.165) is 23.3 Å². The van der Waals surface area contributed by atoms with E-state index in [9.17, 15) is 13.2 Å². The van der Waals surface area contributed by atoms with Crippen LogP contribution in [0.25, 0.3) is 10.2 Å². The Morgan fingerprint density at radius 3 is 2.59 bits per heavy atom. The van der Waals surface area contributed by atoms with Gasteiger partial charge in [0.1, 0.15) is 6.61 Å². The number of methoxy groups -OCH3 is 1. The van der Waals surface area contributed by atoms with Crippen LogP contribution in [-0.4, -0.2) is 32.7 Å². The van der Waals surface area contributed by atoms with Crippen LogP contribution in [0.1, 0.15) is 20.3 Å². The zero-order valence-electron chi connectivity index (χ0n) is 16.5. The van der Waals surface area contributed by atoms with Crippen LogP contribution >= 0.6 is 11.3 Å². The molecule has 0 spiro atoms. The van der Waals surface area contributed by atoms with Gasteiger partial charge in [-0.2, -0.15) is 0 Å². The van der Waals surface area contributed by atoms with Crippen LogP contribution in [0.5, 0.6) is 11.5 Å². The number of aromatic nitrogens is 1. The second-order valence-electron chi connectivity index (χ2n) is 6.63. The van der Waals surface area contributed by atoms with Gasteiger partial charge in [-0.1, -0.05) is 30.4 Å². The molecule has 0 aliphatic rings. The monoisotopic (exact) mass is 436 g/mol. The highest BCUT2D eigenvalue weighted by Crippen LogP contribution is 2.26.